The summed E-state index contributed by atoms with van der Waals surface area (Å²) in [5.74, 6) is 0.676. The molecule has 2 aromatic heterocycles. The van der Waals surface area contributed by atoms with Crippen molar-refractivity contribution in [2.24, 2.45) is 0 Å². The standard InChI is InChI=1S/C5H5N.C2H4N4.BrH/c1-2-4-6-5-3-1;1-2-3-5-6-4-2;/h1-5H;1H3,(H,3,4,5,6);1H. The van der Waals surface area contributed by atoms with Crippen LogP contribution < -0.4 is 22.0 Å². The van der Waals surface area contributed by atoms with Crippen molar-refractivity contribution in [2.45, 2.75) is 6.92 Å². The van der Waals surface area contributed by atoms with Crippen molar-refractivity contribution in [3.05, 3.63) is 36.4 Å². The SMILES string of the molecule is Cc1nn[nH]n1.[Br-].c1cc[nH+]cc1. The summed E-state index contributed by atoms with van der Waals surface area (Å²) < 4.78 is 0. The summed E-state index contributed by atoms with van der Waals surface area (Å²) in [5, 5.41) is 12.7. The van der Waals surface area contributed by atoms with Crippen molar-refractivity contribution in [1.29, 1.82) is 0 Å². The molecule has 0 bridgehead atoms. The molecule has 13 heavy (non-hydrogen) atoms. The molecular weight excluding hydrogens is 234 g/mol. The highest BCUT2D eigenvalue weighted by atomic mass is 79.9. The quantitative estimate of drug-likeness (QED) is 0.537. The molecule has 2 rings (SSSR count). The Hall–Kier alpha value is -1.30. The molecule has 6 heteroatoms. The van der Waals surface area contributed by atoms with Gasteiger partial charge in [-0.15, -0.1) is 10.2 Å². The number of tetrazole rings is 1. The van der Waals surface area contributed by atoms with Gasteiger partial charge in [-0.05, 0) is 6.92 Å². The van der Waals surface area contributed by atoms with Gasteiger partial charge in [-0.1, -0.05) is 11.3 Å². The highest BCUT2D eigenvalue weighted by molar-refractivity contribution is 4.82. The molecule has 70 valence electrons. The van der Waals surface area contributed by atoms with E-state index < -0.39 is 0 Å². The lowest BCUT2D eigenvalue weighted by Crippen LogP contribution is -3.00. The van der Waals surface area contributed by atoms with Crippen LogP contribution in [0.2, 0.25) is 0 Å². The zero-order chi connectivity index (χ0) is 8.65. The third-order valence-corrected chi connectivity index (χ3v) is 1.06. The summed E-state index contributed by atoms with van der Waals surface area (Å²) in [5.41, 5.74) is 0. The number of hydrogen-bond acceptors (Lipinski definition) is 3. The number of nitrogens with one attached hydrogen (secondary N) is 2. The minimum atomic E-state index is 0. The number of hydrogen-bond donors (Lipinski definition) is 1. The molecule has 0 radical (unpaired) electrons. The molecule has 0 fully saturated rings. The molecule has 2 aromatic rings. The van der Waals surface area contributed by atoms with E-state index in [4.69, 9.17) is 0 Å². The summed E-state index contributed by atoms with van der Waals surface area (Å²) in [6.07, 6.45) is 3.75. The maximum absolute atomic E-state index is 3.57. The van der Waals surface area contributed by atoms with Crippen LogP contribution in [0.25, 0.3) is 0 Å². The van der Waals surface area contributed by atoms with Crippen molar-refractivity contribution in [2.75, 3.05) is 0 Å². The van der Waals surface area contributed by atoms with Crippen LogP contribution in [0.15, 0.2) is 30.6 Å². The number of aromatic amines is 2. The molecule has 0 amide bonds. The van der Waals surface area contributed by atoms with Gasteiger partial charge in [0.2, 0.25) is 0 Å². The minimum absolute atomic E-state index is 0. The minimum Gasteiger partial charge on any atom is -1.00 e. The Morgan fingerprint density at radius 3 is 2.08 bits per heavy atom. The predicted molar refractivity (Wildman–Crippen MR) is 41.9 cm³/mol. The first-order chi connectivity index (χ1) is 5.89. The lowest BCUT2D eigenvalue weighted by atomic mass is 10.5. The van der Waals surface area contributed by atoms with Gasteiger partial charge in [0.05, 0.1) is 0 Å². The molecule has 0 aromatic carbocycles. The molecule has 0 spiro atoms. The summed E-state index contributed by atoms with van der Waals surface area (Å²) in [7, 11) is 0. The zero-order valence-electron chi connectivity index (χ0n) is 7.11. The van der Waals surface area contributed by atoms with Crippen LogP contribution >= 0.6 is 0 Å². The van der Waals surface area contributed by atoms with E-state index in [1.165, 1.54) is 0 Å². The van der Waals surface area contributed by atoms with Crippen molar-refractivity contribution in [3.8, 4) is 0 Å². The number of aryl methyl sites for hydroxylation is 1. The predicted octanol–water partition coefficient (Wildman–Crippen LogP) is -2.99. The average Bonchev–Trinajstić information content (AvgIpc) is 2.60. The van der Waals surface area contributed by atoms with E-state index in [9.17, 15) is 0 Å². The second-order valence-electron chi connectivity index (χ2n) is 2.04. The Kier molecular flexibility index (Phi) is 6.62. The highest BCUT2D eigenvalue weighted by Gasteiger charge is 1.78. The van der Waals surface area contributed by atoms with Gasteiger partial charge >= 0.3 is 0 Å². The van der Waals surface area contributed by atoms with Gasteiger partial charge in [-0.3, -0.25) is 0 Å². The molecule has 2 heterocycles. The molecule has 0 unspecified atom stereocenters. The van der Waals surface area contributed by atoms with Gasteiger partial charge in [0.15, 0.2) is 18.2 Å². The number of nitrogens with zero attached hydrogens (tertiary/aromatic N) is 3. The largest absolute Gasteiger partial charge is 1.00 e. The average molecular weight is 244 g/mol. The van der Waals surface area contributed by atoms with E-state index in [0.29, 0.717) is 5.82 Å². The van der Waals surface area contributed by atoms with Gasteiger partial charge in [-0.25, -0.2) is 4.98 Å². The molecule has 0 saturated heterocycles. The zero-order valence-corrected chi connectivity index (χ0v) is 8.69. The van der Waals surface area contributed by atoms with E-state index in [-0.39, 0.29) is 17.0 Å². The number of rotatable bonds is 0. The molecule has 5 nitrogen and oxygen atoms in total. The number of pyridine rings is 1. The van der Waals surface area contributed by atoms with Crippen LogP contribution in [0.5, 0.6) is 0 Å². The first kappa shape index (κ1) is 11.7. The van der Waals surface area contributed by atoms with Gasteiger partial charge < -0.3 is 17.0 Å². The highest BCUT2D eigenvalue weighted by Crippen LogP contribution is 1.69. The van der Waals surface area contributed by atoms with Crippen molar-refractivity contribution < 1.29 is 22.0 Å². The smallest absolute Gasteiger partial charge is 0.171 e. The maximum Gasteiger partial charge on any atom is 0.171 e. The third-order valence-electron chi connectivity index (χ3n) is 1.06. The van der Waals surface area contributed by atoms with Gasteiger partial charge in [-0.2, -0.15) is 5.21 Å². The van der Waals surface area contributed by atoms with Crippen LogP contribution in [0, 0.1) is 6.92 Å². The van der Waals surface area contributed by atoms with Crippen LogP contribution in [-0.2, 0) is 0 Å². The Bertz CT molecular complexity index is 256. The van der Waals surface area contributed by atoms with Crippen molar-refractivity contribution in [1.82, 2.24) is 20.6 Å². The lowest BCUT2D eigenvalue weighted by Gasteiger charge is -1.63. The van der Waals surface area contributed by atoms with Crippen LogP contribution in [0.1, 0.15) is 5.82 Å². The Morgan fingerprint density at radius 1 is 1.23 bits per heavy atom. The van der Waals surface area contributed by atoms with Crippen LogP contribution in [0.3, 0.4) is 0 Å². The maximum atomic E-state index is 3.57. The Balaban J connectivity index is 0.000000206. The van der Waals surface area contributed by atoms with Crippen molar-refractivity contribution in [3.63, 3.8) is 0 Å². The fourth-order valence-electron chi connectivity index (χ4n) is 0.554. The van der Waals surface area contributed by atoms with Gasteiger partial charge in [0, 0.05) is 12.1 Å². The topological polar surface area (TPSA) is 68.6 Å². The number of halogens is 1. The van der Waals surface area contributed by atoms with Crippen LogP contribution in [-0.4, -0.2) is 20.6 Å². The van der Waals surface area contributed by atoms with E-state index in [0.717, 1.165) is 0 Å². The van der Waals surface area contributed by atoms with E-state index in [2.05, 4.69) is 25.6 Å². The van der Waals surface area contributed by atoms with E-state index in [1.807, 2.05) is 30.6 Å². The fraction of sp³-hybridized carbons (Fsp3) is 0.143. The molecular formula is C7H10BrN5. The molecule has 0 aliphatic rings. The normalized spacial score (nSPS) is 7.77. The third kappa shape index (κ3) is 5.92. The fourth-order valence-corrected chi connectivity index (χ4v) is 0.554. The molecule has 0 saturated carbocycles. The summed E-state index contributed by atoms with van der Waals surface area (Å²) in [6, 6.07) is 5.86. The molecule has 2 N–H and O–H groups in total. The number of aromatic nitrogens is 5. The second kappa shape index (κ2) is 7.35. The Labute approximate surface area is 86.4 Å². The molecule has 0 aliphatic carbocycles. The summed E-state index contributed by atoms with van der Waals surface area (Å²) in [4.78, 5) is 2.89. The van der Waals surface area contributed by atoms with Crippen LogP contribution in [0.4, 0.5) is 0 Å². The first-order valence-corrected chi connectivity index (χ1v) is 3.51. The number of H-pyrrole nitrogens is 2. The first-order valence-electron chi connectivity index (χ1n) is 3.51. The van der Waals surface area contributed by atoms with E-state index >= 15 is 0 Å². The monoisotopic (exact) mass is 243 g/mol. The Morgan fingerprint density at radius 2 is 1.92 bits per heavy atom. The van der Waals surface area contributed by atoms with E-state index in [1.54, 1.807) is 6.92 Å². The molecule has 0 aliphatic heterocycles. The van der Waals surface area contributed by atoms with Gasteiger partial charge in [0.25, 0.3) is 0 Å². The summed E-state index contributed by atoms with van der Waals surface area (Å²) >= 11 is 0. The lowest BCUT2D eigenvalue weighted by molar-refractivity contribution is -0.377. The summed E-state index contributed by atoms with van der Waals surface area (Å²) in [6.45, 7) is 1.77. The second-order valence-corrected chi connectivity index (χ2v) is 2.04. The molecule has 0 atom stereocenters. The van der Waals surface area contributed by atoms with Crippen molar-refractivity contribution >= 4 is 0 Å². The van der Waals surface area contributed by atoms with Gasteiger partial charge in [0.1, 0.15) is 0 Å².